The summed E-state index contributed by atoms with van der Waals surface area (Å²) in [6.45, 7) is 4.06. The van der Waals surface area contributed by atoms with Crippen LogP contribution in [0.5, 0.6) is 11.5 Å². The van der Waals surface area contributed by atoms with E-state index in [1.165, 1.54) is 0 Å². The van der Waals surface area contributed by atoms with Crippen LogP contribution < -0.4 is 20.1 Å². The van der Waals surface area contributed by atoms with Gasteiger partial charge < -0.3 is 20.1 Å². The van der Waals surface area contributed by atoms with E-state index in [1.807, 2.05) is 43.3 Å². The van der Waals surface area contributed by atoms with Crippen molar-refractivity contribution in [2.45, 2.75) is 20.3 Å². The fraction of sp³-hybridized carbons (Fsp3) is 0.217. The zero-order valence-electron chi connectivity index (χ0n) is 17.1. The van der Waals surface area contributed by atoms with E-state index >= 15 is 0 Å². The number of nitrogens with zero attached hydrogens (tertiary/aromatic N) is 1. The fourth-order valence-electron chi connectivity index (χ4n) is 3.09. The Morgan fingerprint density at radius 2 is 1.83 bits per heavy atom. The van der Waals surface area contributed by atoms with Gasteiger partial charge in [0.05, 0.1) is 14.2 Å². The van der Waals surface area contributed by atoms with Crippen molar-refractivity contribution < 1.29 is 14.3 Å². The number of rotatable bonds is 7. The third-order valence-corrected chi connectivity index (χ3v) is 4.66. The maximum Gasteiger partial charge on any atom is 0.255 e. The summed E-state index contributed by atoms with van der Waals surface area (Å²) in [4.78, 5) is 17.1. The molecule has 0 spiro atoms. The Hall–Kier alpha value is -3.54. The highest BCUT2D eigenvalue weighted by molar-refractivity contribution is 6.05. The molecule has 3 rings (SSSR count). The summed E-state index contributed by atoms with van der Waals surface area (Å²) in [5.41, 5.74) is 4.31. The second-order valence-corrected chi connectivity index (χ2v) is 6.54. The average molecular weight is 391 g/mol. The van der Waals surface area contributed by atoms with Crippen LogP contribution in [0.1, 0.15) is 28.4 Å². The Bertz CT molecular complexity index is 1020. The number of hydrogen-bond donors (Lipinski definition) is 2. The minimum Gasteiger partial charge on any atom is -0.493 e. The molecule has 1 aromatic heterocycles. The summed E-state index contributed by atoms with van der Waals surface area (Å²) >= 11 is 0. The van der Waals surface area contributed by atoms with E-state index in [-0.39, 0.29) is 5.91 Å². The van der Waals surface area contributed by atoms with Gasteiger partial charge in [0, 0.05) is 29.2 Å². The van der Waals surface area contributed by atoms with Gasteiger partial charge in [-0.2, -0.15) is 0 Å². The molecule has 0 atom stereocenters. The Labute approximate surface area is 170 Å². The second-order valence-electron chi connectivity index (χ2n) is 6.54. The molecule has 0 unspecified atom stereocenters. The molecule has 0 aliphatic carbocycles. The van der Waals surface area contributed by atoms with Crippen molar-refractivity contribution in [3.8, 4) is 11.5 Å². The number of para-hydroxylation sites is 1. The molecule has 2 aromatic carbocycles. The van der Waals surface area contributed by atoms with E-state index in [0.29, 0.717) is 22.9 Å². The molecule has 0 fully saturated rings. The smallest absolute Gasteiger partial charge is 0.255 e. The summed E-state index contributed by atoms with van der Waals surface area (Å²) in [7, 11) is 3.17. The number of benzene rings is 2. The molecule has 2 N–H and O–H groups in total. The van der Waals surface area contributed by atoms with Gasteiger partial charge >= 0.3 is 0 Å². The third kappa shape index (κ3) is 4.66. The van der Waals surface area contributed by atoms with Crippen LogP contribution in [0.4, 0.5) is 17.2 Å². The number of ether oxygens (including phenoxy) is 2. The van der Waals surface area contributed by atoms with Gasteiger partial charge in [0.15, 0.2) is 11.5 Å². The third-order valence-electron chi connectivity index (χ3n) is 4.66. The van der Waals surface area contributed by atoms with Crippen molar-refractivity contribution in [3.05, 3.63) is 71.4 Å². The maximum atomic E-state index is 12.8. The second kappa shape index (κ2) is 9.10. The molecule has 0 aliphatic rings. The van der Waals surface area contributed by atoms with Crippen molar-refractivity contribution in [2.75, 3.05) is 24.9 Å². The normalized spacial score (nSPS) is 10.3. The van der Waals surface area contributed by atoms with Crippen LogP contribution >= 0.6 is 0 Å². The number of nitrogens with one attached hydrogen (secondary N) is 2. The highest BCUT2D eigenvalue weighted by atomic mass is 16.5. The number of anilines is 3. The first-order chi connectivity index (χ1) is 14.0. The summed E-state index contributed by atoms with van der Waals surface area (Å²) < 4.78 is 10.6. The predicted molar refractivity (Wildman–Crippen MR) is 116 cm³/mol. The maximum absolute atomic E-state index is 12.8. The number of amides is 1. The molecule has 0 saturated carbocycles. The van der Waals surface area contributed by atoms with Gasteiger partial charge in [-0.1, -0.05) is 25.1 Å². The lowest BCUT2D eigenvalue weighted by atomic mass is 10.1. The summed E-state index contributed by atoms with van der Waals surface area (Å²) in [5.74, 6) is 1.64. The number of methoxy groups -OCH3 is 2. The summed E-state index contributed by atoms with van der Waals surface area (Å²) in [5, 5.41) is 6.24. The number of pyridine rings is 1. The lowest BCUT2D eigenvalue weighted by molar-refractivity contribution is 0.102. The SMILES string of the molecule is CCc1cccc(C)c1NC(=O)c1ccnc(Nc2ccc(OC)c(OC)c2)c1. The van der Waals surface area contributed by atoms with Crippen LogP contribution in [0.2, 0.25) is 0 Å². The molecule has 3 aromatic rings. The Morgan fingerprint density at radius 1 is 1.03 bits per heavy atom. The van der Waals surface area contributed by atoms with Crippen molar-refractivity contribution >= 4 is 23.1 Å². The first-order valence-electron chi connectivity index (χ1n) is 9.40. The molecule has 1 amide bonds. The lowest BCUT2D eigenvalue weighted by Crippen LogP contribution is -2.14. The first-order valence-corrected chi connectivity index (χ1v) is 9.40. The number of carbonyl (C=O) groups is 1. The Balaban J connectivity index is 1.80. The highest BCUT2D eigenvalue weighted by Crippen LogP contribution is 2.31. The fourth-order valence-corrected chi connectivity index (χ4v) is 3.09. The average Bonchev–Trinajstić information content (AvgIpc) is 2.75. The molecule has 6 nitrogen and oxygen atoms in total. The zero-order valence-corrected chi connectivity index (χ0v) is 17.1. The monoisotopic (exact) mass is 391 g/mol. The van der Waals surface area contributed by atoms with E-state index in [2.05, 4.69) is 22.5 Å². The van der Waals surface area contributed by atoms with Gasteiger partial charge in [-0.05, 0) is 48.7 Å². The largest absolute Gasteiger partial charge is 0.493 e. The molecule has 29 heavy (non-hydrogen) atoms. The quantitative estimate of drug-likeness (QED) is 0.595. The van der Waals surface area contributed by atoms with Crippen LogP contribution in [-0.2, 0) is 6.42 Å². The molecular weight excluding hydrogens is 366 g/mol. The first kappa shape index (κ1) is 20.2. The van der Waals surface area contributed by atoms with Gasteiger partial charge in [-0.25, -0.2) is 4.98 Å². The number of aryl methyl sites for hydroxylation is 2. The standard InChI is InChI=1S/C23H25N3O3/c1-5-16-8-6-7-15(2)22(16)26-23(27)17-11-12-24-21(13-17)25-18-9-10-19(28-3)20(14-18)29-4/h6-14H,5H2,1-4H3,(H,24,25)(H,26,27). The molecule has 1 heterocycles. The Kier molecular flexibility index (Phi) is 6.34. The van der Waals surface area contributed by atoms with E-state index < -0.39 is 0 Å². The topological polar surface area (TPSA) is 72.5 Å². The molecule has 6 heteroatoms. The highest BCUT2D eigenvalue weighted by Gasteiger charge is 2.12. The molecule has 0 bridgehead atoms. The van der Waals surface area contributed by atoms with Crippen molar-refractivity contribution in [1.29, 1.82) is 0 Å². The predicted octanol–water partition coefficient (Wildman–Crippen LogP) is 4.97. The van der Waals surface area contributed by atoms with Gasteiger partial charge in [0.2, 0.25) is 0 Å². The summed E-state index contributed by atoms with van der Waals surface area (Å²) in [6.07, 6.45) is 2.45. The van der Waals surface area contributed by atoms with E-state index in [9.17, 15) is 4.79 Å². The molecule has 0 saturated heterocycles. The molecule has 0 radical (unpaired) electrons. The zero-order chi connectivity index (χ0) is 20.8. The van der Waals surface area contributed by atoms with E-state index in [4.69, 9.17) is 9.47 Å². The molecule has 150 valence electrons. The lowest BCUT2D eigenvalue weighted by Gasteiger charge is -2.14. The van der Waals surface area contributed by atoms with Crippen LogP contribution in [0, 0.1) is 6.92 Å². The van der Waals surface area contributed by atoms with Gasteiger partial charge in [-0.15, -0.1) is 0 Å². The van der Waals surface area contributed by atoms with Crippen LogP contribution in [0.25, 0.3) is 0 Å². The van der Waals surface area contributed by atoms with Gasteiger partial charge in [0.25, 0.3) is 5.91 Å². The van der Waals surface area contributed by atoms with E-state index in [0.717, 1.165) is 28.9 Å². The van der Waals surface area contributed by atoms with Crippen molar-refractivity contribution in [3.63, 3.8) is 0 Å². The molecule has 0 aliphatic heterocycles. The molecular formula is C23H25N3O3. The minimum atomic E-state index is -0.174. The Morgan fingerprint density at radius 3 is 2.55 bits per heavy atom. The number of carbonyl (C=O) groups excluding carboxylic acids is 1. The van der Waals surface area contributed by atoms with Crippen LogP contribution in [0.15, 0.2) is 54.7 Å². The van der Waals surface area contributed by atoms with Gasteiger partial charge in [0.1, 0.15) is 5.82 Å². The van der Waals surface area contributed by atoms with E-state index in [1.54, 1.807) is 32.5 Å². The number of hydrogen-bond acceptors (Lipinski definition) is 5. The summed E-state index contributed by atoms with van der Waals surface area (Å²) in [6, 6.07) is 14.9. The van der Waals surface area contributed by atoms with Crippen molar-refractivity contribution in [2.24, 2.45) is 0 Å². The van der Waals surface area contributed by atoms with Crippen molar-refractivity contribution in [1.82, 2.24) is 4.98 Å². The van der Waals surface area contributed by atoms with Crippen LogP contribution in [-0.4, -0.2) is 25.1 Å². The number of aromatic nitrogens is 1. The van der Waals surface area contributed by atoms with Crippen LogP contribution in [0.3, 0.4) is 0 Å². The minimum absolute atomic E-state index is 0.174. The van der Waals surface area contributed by atoms with Gasteiger partial charge in [-0.3, -0.25) is 4.79 Å².